The first-order chi connectivity index (χ1) is 28.8. The molecule has 0 spiro atoms. The summed E-state index contributed by atoms with van der Waals surface area (Å²) >= 11 is 0. The first-order valence-electron chi connectivity index (χ1n) is 19.3. The molecule has 5 heteroatoms. The Morgan fingerprint density at radius 2 is 0.966 bits per heavy atom. The highest BCUT2D eigenvalue weighted by molar-refractivity contribution is 6.25. The molecule has 5 nitrogen and oxygen atoms in total. The molecule has 0 atom stereocenters. The molecule has 3 heterocycles. The Morgan fingerprint density at radius 1 is 0.431 bits per heavy atom. The summed E-state index contributed by atoms with van der Waals surface area (Å²) in [5.41, 5.74) is 13.2. The van der Waals surface area contributed by atoms with Crippen LogP contribution in [0.4, 0.5) is 0 Å². The first kappa shape index (κ1) is 33.3. The third-order valence-electron chi connectivity index (χ3n) is 11.1. The number of nitriles is 1. The van der Waals surface area contributed by atoms with Crippen molar-refractivity contribution in [2.75, 3.05) is 0 Å². The lowest BCUT2D eigenvalue weighted by Crippen LogP contribution is -2.04. The fourth-order valence-electron chi connectivity index (χ4n) is 8.53. The van der Waals surface area contributed by atoms with Crippen molar-refractivity contribution in [3.05, 3.63) is 200 Å². The molecule has 0 unspecified atom stereocenters. The molecule has 270 valence electrons. The van der Waals surface area contributed by atoms with Crippen LogP contribution < -0.4 is 0 Å². The molecule has 0 bridgehead atoms. The quantitative estimate of drug-likeness (QED) is 0.170. The summed E-state index contributed by atoms with van der Waals surface area (Å²) in [5, 5.41) is 15.0. The summed E-state index contributed by atoms with van der Waals surface area (Å²) in [4.78, 5) is 10.5. The second kappa shape index (κ2) is 13.6. The van der Waals surface area contributed by atoms with Crippen molar-refractivity contribution in [3.8, 4) is 67.9 Å². The van der Waals surface area contributed by atoms with Gasteiger partial charge in [-0.3, -0.25) is 0 Å². The first-order valence-corrected chi connectivity index (χ1v) is 19.3. The van der Waals surface area contributed by atoms with E-state index in [0.717, 1.165) is 88.4 Å². The number of fused-ring (bicyclic) bond motifs is 7. The van der Waals surface area contributed by atoms with E-state index in [4.69, 9.17) is 14.4 Å². The van der Waals surface area contributed by atoms with Crippen molar-refractivity contribution in [2.45, 2.75) is 0 Å². The molecular weight excluding hydrogens is 709 g/mol. The monoisotopic (exact) mass is 740 g/mol. The number of benzene rings is 8. The molecule has 0 saturated carbocycles. The number of nitrogens with zero attached hydrogens (tertiary/aromatic N) is 4. The van der Waals surface area contributed by atoms with Crippen molar-refractivity contribution in [2.24, 2.45) is 0 Å². The van der Waals surface area contributed by atoms with E-state index in [1.54, 1.807) is 0 Å². The number of para-hydroxylation sites is 2. The van der Waals surface area contributed by atoms with Crippen LogP contribution >= 0.6 is 0 Å². The van der Waals surface area contributed by atoms with Gasteiger partial charge in [-0.1, -0.05) is 170 Å². The molecule has 0 saturated heterocycles. The largest absolute Gasteiger partial charge is 0.455 e. The number of furan rings is 1. The normalized spacial score (nSPS) is 11.4. The van der Waals surface area contributed by atoms with Crippen LogP contribution in [0, 0.1) is 11.3 Å². The summed E-state index contributed by atoms with van der Waals surface area (Å²) in [6, 6.07) is 68.9. The summed E-state index contributed by atoms with van der Waals surface area (Å²) in [6.45, 7) is 0. The summed E-state index contributed by atoms with van der Waals surface area (Å²) < 4.78 is 9.34. The van der Waals surface area contributed by atoms with Crippen LogP contribution in [-0.2, 0) is 0 Å². The lowest BCUT2D eigenvalue weighted by Gasteiger charge is -2.19. The van der Waals surface area contributed by atoms with Gasteiger partial charge in [-0.25, -0.2) is 9.97 Å². The van der Waals surface area contributed by atoms with Crippen molar-refractivity contribution in [1.29, 1.82) is 5.26 Å². The SMILES string of the molecule is N#Cc1c(-c2ccccc2)nc(-c2cccc(-n3c4ccccc4c4c5oc6c(-c7ccccc7)cccc6c5ccc43)c2-c2ccccc2)nc1-c1ccccc1. The highest BCUT2D eigenvalue weighted by atomic mass is 16.3. The molecule has 0 aliphatic rings. The molecule has 3 aromatic heterocycles. The van der Waals surface area contributed by atoms with Gasteiger partial charge >= 0.3 is 0 Å². The van der Waals surface area contributed by atoms with Crippen LogP contribution in [0.5, 0.6) is 0 Å². The molecule has 0 aliphatic carbocycles. The lowest BCUT2D eigenvalue weighted by molar-refractivity contribution is 0.674. The predicted octanol–water partition coefficient (Wildman–Crippen LogP) is 13.7. The second-order valence-electron chi connectivity index (χ2n) is 14.4. The Labute approximate surface area is 334 Å². The summed E-state index contributed by atoms with van der Waals surface area (Å²) in [6.07, 6.45) is 0. The van der Waals surface area contributed by atoms with Crippen LogP contribution in [-0.4, -0.2) is 14.5 Å². The molecule has 0 radical (unpaired) electrons. The number of hydrogen-bond donors (Lipinski definition) is 0. The Hall–Kier alpha value is -8.07. The fourth-order valence-corrected chi connectivity index (χ4v) is 8.53. The number of rotatable bonds is 6. The lowest BCUT2D eigenvalue weighted by atomic mass is 9.95. The molecule has 11 aromatic rings. The van der Waals surface area contributed by atoms with Crippen molar-refractivity contribution in [3.63, 3.8) is 0 Å². The van der Waals surface area contributed by atoms with Gasteiger partial charge in [0.2, 0.25) is 0 Å². The van der Waals surface area contributed by atoms with Crippen molar-refractivity contribution >= 4 is 43.7 Å². The topological polar surface area (TPSA) is 67.6 Å². The van der Waals surface area contributed by atoms with Crippen LogP contribution in [0.2, 0.25) is 0 Å². The average molecular weight is 741 g/mol. The van der Waals surface area contributed by atoms with E-state index in [9.17, 15) is 5.26 Å². The van der Waals surface area contributed by atoms with Crippen LogP contribution in [0.1, 0.15) is 5.56 Å². The Balaban J connectivity index is 1.22. The van der Waals surface area contributed by atoms with Gasteiger partial charge in [-0.2, -0.15) is 5.26 Å². The maximum absolute atomic E-state index is 10.6. The highest BCUT2D eigenvalue weighted by Crippen LogP contribution is 2.45. The van der Waals surface area contributed by atoms with E-state index in [2.05, 4.69) is 132 Å². The van der Waals surface area contributed by atoms with E-state index >= 15 is 0 Å². The Kier molecular flexibility index (Phi) is 7.80. The van der Waals surface area contributed by atoms with Gasteiger partial charge in [0.1, 0.15) is 22.8 Å². The van der Waals surface area contributed by atoms with E-state index in [0.29, 0.717) is 22.8 Å². The summed E-state index contributed by atoms with van der Waals surface area (Å²) in [5.74, 6) is 0.534. The number of hydrogen-bond acceptors (Lipinski definition) is 4. The minimum absolute atomic E-state index is 0.436. The van der Waals surface area contributed by atoms with Gasteiger partial charge in [-0.05, 0) is 35.4 Å². The van der Waals surface area contributed by atoms with Gasteiger partial charge in [-0.15, -0.1) is 0 Å². The van der Waals surface area contributed by atoms with Gasteiger partial charge in [0, 0.05) is 44.0 Å². The van der Waals surface area contributed by atoms with Crippen molar-refractivity contribution < 1.29 is 4.42 Å². The molecule has 0 amide bonds. The molecule has 0 aliphatic heterocycles. The maximum atomic E-state index is 10.6. The average Bonchev–Trinajstić information content (AvgIpc) is 3.85. The molecule has 0 N–H and O–H groups in total. The van der Waals surface area contributed by atoms with Gasteiger partial charge in [0.05, 0.1) is 33.5 Å². The molecule has 8 aromatic carbocycles. The predicted molar refractivity (Wildman–Crippen MR) is 236 cm³/mol. The summed E-state index contributed by atoms with van der Waals surface area (Å²) in [7, 11) is 0. The minimum Gasteiger partial charge on any atom is -0.455 e. The zero-order chi connectivity index (χ0) is 38.6. The number of aromatic nitrogens is 3. The van der Waals surface area contributed by atoms with E-state index in [1.807, 2.05) is 72.8 Å². The molecule has 11 rings (SSSR count). The molecule has 0 fully saturated rings. The zero-order valence-electron chi connectivity index (χ0n) is 31.2. The highest BCUT2D eigenvalue weighted by Gasteiger charge is 2.25. The third-order valence-corrected chi connectivity index (χ3v) is 11.1. The standard InChI is InChI=1S/C53H32N4O/c54-33-43-49(36-21-9-3-10-22-36)55-53(56-50(43)37-23-11-4-12-24-37)42-28-16-30-45(47(42)35-19-7-2-8-20-35)57-44-29-14-13-25-41(44)48-46(57)32-31-40-39-27-15-26-38(51(39)58-52(40)48)34-17-5-1-6-18-34/h1-32H. The van der Waals surface area contributed by atoms with E-state index < -0.39 is 0 Å². The Bertz CT molecular complexity index is 3320. The van der Waals surface area contributed by atoms with E-state index in [1.165, 1.54) is 0 Å². The van der Waals surface area contributed by atoms with Gasteiger partial charge < -0.3 is 8.98 Å². The van der Waals surface area contributed by atoms with Gasteiger partial charge in [0.25, 0.3) is 0 Å². The van der Waals surface area contributed by atoms with Crippen molar-refractivity contribution in [1.82, 2.24) is 14.5 Å². The third kappa shape index (κ3) is 5.24. The fraction of sp³-hybridized carbons (Fsp3) is 0. The zero-order valence-corrected chi connectivity index (χ0v) is 31.2. The Morgan fingerprint density at radius 3 is 1.62 bits per heavy atom. The second-order valence-corrected chi connectivity index (χ2v) is 14.4. The molecular formula is C53H32N4O. The maximum Gasteiger partial charge on any atom is 0.161 e. The molecule has 58 heavy (non-hydrogen) atoms. The van der Waals surface area contributed by atoms with Crippen LogP contribution in [0.15, 0.2) is 199 Å². The van der Waals surface area contributed by atoms with E-state index in [-0.39, 0.29) is 0 Å². The van der Waals surface area contributed by atoms with Gasteiger partial charge in [0.15, 0.2) is 5.82 Å². The van der Waals surface area contributed by atoms with Crippen LogP contribution in [0.3, 0.4) is 0 Å². The minimum atomic E-state index is 0.436. The van der Waals surface area contributed by atoms with Crippen LogP contribution in [0.25, 0.3) is 106 Å². The smallest absolute Gasteiger partial charge is 0.161 e.